The molecule has 0 atom stereocenters. The lowest BCUT2D eigenvalue weighted by atomic mass is 9.94. The topological polar surface area (TPSA) is 12.5 Å². The van der Waals surface area contributed by atoms with Gasteiger partial charge in [-0.2, -0.15) is 0 Å². The summed E-state index contributed by atoms with van der Waals surface area (Å²) >= 11 is 1.78. The van der Waals surface area contributed by atoms with Crippen molar-refractivity contribution in [1.29, 1.82) is 0 Å². The zero-order valence-electron chi connectivity index (χ0n) is 11.0. The van der Waals surface area contributed by atoms with Gasteiger partial charge in [0.1, 0.15) is 12.5 Å². The fourth-order valence-corrected chi connectivity index (χ4v) is 3.69. The summed E-state index contributed by atoms with van der Waals surface area (Å²) in [6.07, 6.45) is 9.00. The fourth-order valence-electron chi connectivity index (χ4n) is 3.10. The number of para-hydroxylation sites is 1. The average Bonchev–Trinajstić information content (AvgIpc) is 2.47. The van der Waals surface area contributed by atoms with Crippen molar-refractivity contribution in [2.75, 3.05) is 13.0 Å². The number of nitrogens with zero attached hydrogens (tertiary/aromatic N) is 1. The minimum absolute atomic E-state index is 0.741. The summed E-state index contributed by atoms with van der Waals surface area (Å²) in [5.74, 6) is 1.12. The van der Waals surface area contributed by atoms with Crippen molar-refractivity contribution in [2.24, 2.45) is 0 Å². The molecule has 0 bridgehead atoms. The molecule has 3 rings (SSSR count). The summed E-state index contributed by atoms with van der Waals surface area (Å²) in [4.78, 5) is 3.79. The molecule has 0 aromatic heterocycles. The van der Waals surface area contributed by atoms with Crippen LogP contribution in [0, 0.1) is 0 Å². The van der Waals surface area contributed by atoms with Gasteiger partial charge in [-0.3, -0.25) is 4.90 Å². The summed E-state index contributed by atoms with van der Waals surface area (Å²) in [7, 11) is 0. The molecule has 0 radical (unpaired) electrons. The van der Waals surface area contributed by atoms with E-state index in [1.165, 1.54) is 42.6 Å². The van der Waals surface area contributed by atoms with Crippen LogP contribution in [0.3, 0.4) is 0 Å². The van der Waals surface area contributed by atoms with Crippen LogP contribution in [0.1, 0.15) is 37.7 Å². The highest BCUT2D eigenvalue weighted by molar-refractivity contribution is 7.98. The summed E-state index contributed by atoms with van der Waals surface area (Å²) in [6.45, 7) is 1.84. The maximum Gasteiger partial charge on any atom is 0.142 e. The Kier molecular flexibility index (Phi) is 3.80. The molecule has 1 aliphatic carbocycles. The first kappa shape index (κ1) is 12.4. The predicted octanol–water partition coefficient (Wildman–Crippen LogP) is 3.89. The van der Waals surface area contributed by atoms with Crippen molar-refractivity contribution in [3.63, 3.8) is 0 Å². The smallest absolute Gasteiger partial charge is 0.142 e. The Bertz CT molecular complexity index is 415. The number of hydrogen-bond donors (Lipinski definition) is 0. The van der Waals surface area contributed by atoms with Gasteiger partial charge in [-0.1, -0.05) is 31.4 Å². The minimum atomic E-state index is 0.741. The number of fused-ring (bicyclic) bond motifs is 1. The molecule has 1 fully saturated rings. The molecule has 98 valence electrons. The Morgan fingerprint density at radius 3 is 2.83 bits per heavy atom. The van der Waals surface area contributed by atoms with E-state index in [1.54, 1.807) is 11.8 Å². The molecule has 2 nitrogen and oxygen atoms in total. The summed E-state index contributed by atoms with van der Waals surface area (Å²) in [5, 5.41) is 0. The second-order valence-corrected chi connectivity index (χ2v) is 6.11. The largest absolute Gasteiger partial charge is 0.477 e. The molecule has 1 aliphatic heterocycles. The minimum Gasteiger partial charge on any atom is -0.477 e. The van der Waals surface area contributed by atoms with Crippen LogP contribution in [-0.2, 0) is 6.54 Å². The Morgan fingerprint density at radius 1 is 1.22 bits per heavy atom. The third-order valence-corrected chi connectivity index (χ3v) is 4.88. The third kappa shape index (κ3) is 2.39. The normalized spacial score (nSPS) is 21.4. The van der Waals surface area contributed by atoms with E-state index in [9.17, 15) is 0 Å². The van der Waals surface area contributed by atoms with Gasteiger partial charge in [0.15, 0.2) is 0 Å². The molecule has 1 aromatic rings. The van der Waals surface area contributed by atoms with Gasteiger partial charge in [0, 0.05) is 23.0 Å². The van der Waals surface area contributed by atoms with Crippen molar-refractivity contribution >= 4 is 11.8 Å². The van der Waals surface area contributed by atoms with Crippen LogP contribution in [0.15, 0.2) is 23.1 Å². The summed E-state index contributed by atoms with van der Waals surface area (Å²) < 4.78 is 6.02. The van der Waals surface area contributed by atoms with Crippen LogP contribution in [0.2, 0.25) is 0 Å². The highest BCUT2D eigenvalue weighted by atomic mass is 32.2. The molecule has 0 N–H and O–H groups in total. The number of benzene rings is 1. The quantitative estimate of drug-likeness (QED) is 0.751. The van der Waals surface area contributed by atoms with Crippen LogP contribution in [0.5, 0.6) is 5.75 Å². The molecule has 1 saturated carbocycles. The Hall–Kier alpha value is -0.670. The molecule has 0 unspecified atom stereocenters. The Balaban J connectivity index is 1.76. The molecule has 1 heterocycles. The lowest BCUT2D eigenvalue weighted by Crippen LogP contribution is -2.41. The predicted molar refractivity (Wildman–Crippen MR) is 76.1 cm³/mol. The average molecular weight is 263 g/mol. The third-order valence-electron chi connectivity index (χ3n) is 4.12. The van der Waals surface area contributed by atoms with Crippen molar-refractivity contribution in [1.82, 2.24) is 4.90 Å². The molecule has 1 aromatic carbocycles. The monoisotopic (exact) mass is 263 g/mol. The van der Waals surface area contributed by atoms with E-state index in [0.29, 0.717) is 0 Å². The van der Waals surface area contributed by atoms with Gasteiger partial charge in [-0.05, 0) is 25.2 Å². The molecule has 0 spiro atoms. The summed E-state index contributed by atoms with van der Waals surface area (Å²) in [5.41, 5.74) is 1.36. The zero-order valence-corrected chi connectivity index (χ0v) is 11.8. The highest BCUT2D eigenvalue weighted by Crippen LogP contribution is 2.36. The maximum absolute atomic E-state index is 6.02. The number of rotatable bonds is 2. The van der Waals surface area contributed by atoms with Crippen molar-refractivity contribution in [3.05, 3.63) is 23.8 Å². The lowest BCUT2D eigenvalue weighted by molar-refractivity contribution is 0.0383. The van der Waals surface area contributed by atoms with Crippen LogP contribution in [-0.4, -0.2) is 23.9 Å². The lowest BCUT2D eigenvalue weighted by Gasteiger charge is -2.37. The number of thioether (sulfide) groups is 1. The Labute approximate surface area is 114 Å². The van der Waals surface area contributed by atoms with Gasteiger partial charge in [-0.15, -0.1) is 11.8 Å². The fraction of sp³-hybridized carbons (Fsp3) is 0.600. The first-order chi connectivity index (χ1) is 8.88. The molecule has 0 saturated heterocycles. The molecular weight excluding hydrogens is 242 g/mol. The zero-order chi connectivity index (χ0) is 12.4. The molecule has 3 heteroatoms. The van der Waals surface area contributed by atoms with Gasteiger partial charge >= 0.3 is 0 Å². The van der Waals surface area contributed by atoms with Crippen LogP contribution in [0.4, 0.5) is 0 Å². The van der Waals surface area contributed by atoms with Gasteiger partial charge in [0.25, 0.3) is 0 Å². The van der Waals surface area contributed by atoms with E-state index in [-0.39, 0.29) is 0 Å². The first-order valence-electron chi connectivity index (χ1n) is 6.91. The maximum atomic E-state index is 6.02. The second kappa shape index (κ2) is 5.54. The van der Waals surface area contributed by atoms with Gasteiger partial charge in [0.2, 0.25) is 0 Å². The van der Waals surface area contributed by atoms with Crippen molar-refractivity contribution in [2.45, 2.75) is 49.6 Å². The SMILES string of the molecule is CSc1cccc2c1OCN(C1CCCCC1)C2. The van der Waals surface area contributed by atoms with Crippen LogP contribution in [0.25, 0.3) is 0 Å². The van der Waals surface area contributed by atoms with E-state index >= 15 is 0 Å². The Morgan fingerprint density at radius 2 is 2.06 bits per heavy atom. The van der Waals surface area contributed by atoms with Gasteiger partial charge in [0.05, 0.1) is 0 Å². The standard InChI is InChI=1S/C15H21NOS/c1-18-14-9-5-6-12-10-16(11-17-15(12)14)13-7-3-2-4-8-13/h5-6,9,13H,2-4,7-8,10-11H2,1H3. The van der Waals surface area contributed by atoms with Crippen molar-refractivity contribution in [3.8, 4) is 5.75 Å². The van der Waals surface area contributed by atoms with Gasteiger partial charge in [-0.25, -0.2) is 0 Å². The van der Waals surface area contributed by atoms with Crippen LogP contribution < -0.4 is 4.74 Å². The second-order valence-electron chi connectivity index (χ2n) is 5.26. The van der Waals surface area contributed by atoms with Gasteiger partial charge < -0.3 is 4.74 Å². The molecular formula is C15H21NOS. The van der Waals surface area contributed by atoms with Crippen molar-refractivity contribution < 1.29 is 4.74 Å². The first-order valence-corrected chi connectivity index (χ1v) is 8.13. The molecule has 18 heavy (non-hydrogen) atoms. The molecule has 0 amide bonds. The van der Waals surface area contributed by atoms with E-state index in [0.717, 1.165) is 25.1 Å². The molecule has 2 aliphatic rings. The van der Waals surface area contributed by atoms with E-state index in [1.807, 2.05) is 0 Å². The highest BCUT2D eigenvalue weighted by Gasteiger charge is 2.26. The van der Waals surface area contributed by atoms with Crippen LogP contribution >= 0.6 is 11.8 Å². The van der Waals surface area contributed by atoms with E-state index in [2.05, 4.69) is 29.4 Å². The van der Waals surface area contributed by atoms with E-state index in [4.69, 9.17) is 4.74 Å². The van der Waals surface area contributed by atoms with E-state index < -0.39 is 0 Å². The number of ether oxygens (including phenoxy) is 1. The summed E-state index contributed by atoms with van der Waals surface area (Å²) in [6, 6.07) is 7.26. The number of hydrogen-bond acceptors (Lipinski definition) is 3.